The molecule has 0 saturated carbocycles. The minimum atomic E-state index is -1.68. The molecule has 5 heteroatoms. The first kappa shape index (κ1) is 13.9. The molecule has 3 aromatic carbocycles. The molecule has 0 bridgehead atoms. The lowest BCUT2D eigenvalue weighted by Crippen LogP contribution is -2.51. The summed E-state index contributed by atoms with van der Waals surface area (Å²) in [6.45, 7) is 0. The van der Waals surface area contributed by atoms with Gasteiger partial charge in [-0.3, -0.25) is 19.8 Å². The maximum Gasteiger partial charge on any atom is 0.330 e. The highest BCUT2D eigenvalue weighted by Crippen LogP contribution is 2.48. The van der Waals surface area contributed by atoms with Crippen LogP contribution in [-0.4, -0.2) is 17.7 Å². The van der Waals surface area contributed by atoms with E-state index in [2.05, 4.69) is 5.32 Å². The minimum Gasteiger partial charge on any atom is -0.290 e. The number of Topliss-reactive ketones (excluding diaryl/α,β-unsaturated/α-hetero) is 1. The SMILES string of the molecule is O=C1NC(=O)C2(C(=O)c3cccc4cccc2c34)N1c1ccccc1. The first-order valence-electron chi connectivity index (χ1n) is 7.93. The maximum atomic E-state index is 13.4. The molecule has 5 nitrogen and oxygen atoms in total. The lowest BCUT2D eigenvalue weighted by Gasteiger charge is -2.31. The van der Waals surface area contributed by atoms with E-state index in [1.54, 1.807) is 48.5 Å². The number of rotatable bonds is 1. The normalized spacial score (nSPS) is 21.4. The number of fused-ring (bicyclic) bond motifs is 1. The Balaban J connectivity index is 1.89. The van der Waals surface area contributed by atoms with Gasteiger partial charge >= 0.3 is 6.03 Å². The van der Waals surface area contributed by atoms with Crippen LogP contribution in [-0.2, 0) is 10.3 Å². The molecule has 3 aromatic rings. The predicted molar refractivity (Wildman–Crippen MR) is 92.4 cm³/mol. The third-order valence-electron chi connectivity index (χ3n) is 4.97. The highest BCUT2D eigenvalue weighted by Gasteiger charge is 2.63. The van der Waals surface area contributed by atoms with Gasteiger partial charge < -0.3 is 0 Å². The summed E-state index contributed by atoms with van der Waals surface area (Å²) in [5, 5.41) is 3.95. The molecule has 1 aliphatic carbocycles. The molecule has 1 spiro atoms. The fourth-order valence-corrected chi connectivity index (χ4v) is 3.98. The molecule has 3 amide bonds. The van der Waals surface area contributed by atoms with Crippen molar-refractivity contribution < 1.29 is 14.4 Å². The van der Waals surface area contributed by atoms with Gasteiger partial charge in [-0.05, 0) is 22.9 Å². The Morgan fingerprint density at radius 2 is 1.52 bits per heavy atom. The smallest absolute Gasteiger partial charge is 0.290 e. The van der Waals surface area contributed by atoms with Crippen molar-refractivity contribution in [2.75, 3.05) is 4.90 Å². The van der Waals surface area contributed by atoms with Gasteiger partial charge in [-0.15, -0.1) is 0 Å². The van der Waals surface area contributed by atoms with Gasteiger partial charge in [0, 0.05) is 16.8 Å². The Kier molecular flexibility index (Phi) is 2.53. The van der Waals surface area contributed by atoms with Gasteiger partial charge in [-0.2, -0.15) is 0 Å². The Morgan fingerprint density at radius 1 is 0.800 bits per heavy atom. The number of imide groups is 1. The zero-order chi connectivity index (χ0) is 17.2. The molecule has 1 fully saturated rings. The van der Waals surface area contributed by atoms with Crippen molar-refractivity contribution in [1.29, 1.82) is 0 Å². The Bertz CT molecular complexity index is 1090. The largest absolute Gasteiger partial charge is 0.330 e. The van der Waals surface area contributed by atoms with Crippen molar-refractivity contribution in [2.45, 2.75) is 5.54 Å². The maximum absolute atomic E-state index is 13.4. The molecular formula is C20H12N2O3. The van der Waals surface area contributed by atoms with Gasteiger partial charge in [0.2, 0.25) is 11.3 Å². The van der Waals surface area contributed by atoms with Gasteiger partial charge in [0.1, 0.15) is 0 Å². The van der Waals surface area contributed by atoms with Crippen molar-refractivity contribution >= 4 is 34.2 Å². The molecule has 1 aliphatic heterocycles. The number of carbonyl (C=O) groups is 3. The van der Waals surface area contributed by atoms with Crippen LogP contribution >= 0.6 is 0 Å². The van der Waals surface area contributed by atoms with E-state index >= 15 is 0 Å². The second-order valence-corrected chi connectivity index (χ2v) is 6.18. The van der Waals surface area contributed by atoms with Crippen LogP contribution in [0.4, 0.5) is 10.5 Å². The second-order valence-electron chi connectivity index (χ2n) is 6.18. The number of urea groups is 1. The number of nitrogens with one attached hydrogen (secondary N) is 1. The molecule has 1 N–H and O–H groups in total. The van der Waals surface area contributed by atoms with Gasteiger partial charge in [-0.1, -0.05) is 54.6 Å². The van der Waals surface area contributed by atoms with Crippen molar-refractivity contribution in [2.24, 2.45) is 0 Å². The summed E-state index contributed by atoms with van der Waals surface area (Å²) in [5.74, 6) is -0.971. The summed E-state index contributed by atoms with van der Waals surface area (Å²) in [6.07, 6.45) is 0. The van der Waals surface area contributed by atoms with Crippen LogP contribution in [0.3, 0.4) is 0 Å². The third kappa shape index (κ3) is 1.50. The fraction of sp³-hybridized carbons (Fsp3) is 0.0500. The van der Waals surface area contributed by atoms with E-state index in [-0.39, 0.29) is 5.78 Å². The molecule has 1 saturated heterocycles. The summed E-state index contributed by atoms with van der Waals surface area (Å²) in [6, 6.07) is 19.1. The molecule has 25 heavy (non-hydrogen) atoms. The van der Waals surface area contributed by atoms with Gasteiger partial charge in [0.25, 0.3) is 5.91 Å². The molecular weight excluding hydrogens is 316 g/mol. The molecule has 1 unspecified atom stereocenters. The summed E-state index contributed by atoms with van der Waals surface area (Å²) in [5.41, 5.74) is -0.151. The van der Waals surface area contributed by atoms with Crippen LogP contribution in [0.5, 0.6) is 0 Å². The zero-order valence-electron chi connectivity index (χ0n) is 13.0. The molecule has 0 aromatic heterocycles. The number of amides is 3. The van der Waals surface area contributed by atoms with Crippen molar-refractivity contribution in [3.63, 3.8) is 0 Å². The average Bonchev–Trinajstić information content (AvgIpc) is 3.05. The first-order chi connectivity index (χ1) is 12.2. The number of anilines is 1. The molecule has 1 atom stereocenters. The summed E-state index contributed by atoms with van der Waals surface area (Å²) in [7, 11) is 0. The quantitative estimate of drug-likeness (QED) is 0.552. The van der Waals surface area contributed by atoms with Crippen LogP contribution in [0.15, 0.2) is 66.7 Å². The van der Waals surface area contributed by atoms with Gasteiger partial charge in [-0.25, -0.2) is 4.79 Å². The molecule has 0 radical (unpaired) electrons. The van der Waals surface area contributed by atoms with Crippen molar-refractivity contribution in [3.05, 3.63) is 77.9 Å². The summed E-state index contributed by atoms with van der Waals surface area (Å²) in [4.78, 5) is 40.2. The minimum absolute atomic E-state index is 0.369. The average molecular weight is 328 g/mol. The van der Waals surface area contributed by atoms with Crippen LogP contribution in [0.25, 0.3) is 10.8 Å². The summed E-state index contributed by atoms with van der Waals surface area (Å²) < 4.78 is 0. The number of nitrogens with zero attached hydrogens (tertiary/aromatic N) is 1. The number of benzene rings is 3. The van der Waals surface area contributed by atoms with Crippen LogP contribution in [0.1, 0.15) is 15.9 Å². The Labute approximate surface area is 142 Å². The van der Waals surface area contributed by atoms with E-state index in [1.165, 1.54) is 4.90 Å². The Morgan fingerprint density at radius 3 is 2.28 bits per heavy atom. The van der Waals surface area contributed by atoms with E-state index < -0.39 is 17.5 Å². The highest BCUT2D eigenvalue weighted by atomic mass is 16.2. The number of hydrogen-bond donors (Lipinski definition) is 1. The van der Waals surface area contributed by atoms with Crippen molar-refractivity contribution in [3.8, 4) is 0 Å². The van der Waals surface area contributed by atoms with Crippen LogP contribution in [0.2, 0.25) is 0 Å². The van der Waals surface area contributed by atoms with E-state index in [4.69, 9.17) is 0 Å². The second kappa shape index (κ2) is 4.54. The standard InChI is InChI=1S/C20H12N2O3/c23-17-14-10-4-6-12-7-5-11-15(16(12)14)20(17)18(24)21-19(25)22(20)13-8-2-1-3-9-13/h1-11H,(H,21,24,25). The monoisotopic (exact) mass is 328 g/mol. The molecule has 2 aliphatic rings. The lowest BCUT2D eigenvalue weighted by molar-refractivity contribution is -0.122. The number of ketones is 1. The number of hydrogen-bond acceptors (Lipinski definition) is 3. The van der Waals surface area contributed by atoms with Gasteiger partial charge in [0.05, 0.1) is 0 Å². The molecule has 120 valence electrons. The van der Waals surface area contributed by atoms with Crippen LogP contribution < -0.4 is 10.2 Å². The topological polar surface area (TPSA) is 66.5 Å². The third-order valence-corrected chi connectivity index (χ3v) is 4.97. The molecule has 1 heterocycles. The number of para-hydroxylation sites is 1. The fourth-order valence-electron chi connectivity index (χ4n) is 3.98. The van der Waals surface area contributed by atoms with E-state index in [0.29, 0.717) is 16.8 Å². The van der Waals surface area contributed by atoms with E-state index in [9.17, 15) is 14.4 Å². The van der Waals surface area contributed by atoms with E-state index in [1.807, 2.05) is 18.2 Å². The summed E-state index contributed by atoms with van der Waals surface area (Å²) >= 11 is 0. The van der Waals surface area contributed by atoms with Crippen LogP contribution in [0, 0.1) is 0 Å². The predicted octanol–water partition coefficient (Wildman–Crippen LogP) is 2.99. The number of carbonyl (C=O) groups excluding carboxylic acids is 3. The van der Waals surface area contributed by atoms with E-state index in [0.717, 1.165) is 10.8 Å². The first-order valence-corrected chi connectivity index (χ1v) is 7.93. The molecule has 5 rings (SSSR count). The highest BCUT2D eigenvalue weighted by molar-refractivity contribution is 6.37. The Hall–Kier alpha value is -3.47. The van der Waals surface area contributed by atoms with Crippen molar-refractivity contribution in [1.82, 2.24) is 5.32 Å². The lowest BCUT2D eigenvalue weighted by atomic mass is 9.87. The zero-order valence-corrected chi connectivity index (χ0v) is 13.0. The van der Waals surface area contributed by atoms with Gasteiger partial charge in [0.15, 0.2) is 0 Å².